The number of aryl methyl sites for hydroxylation is 1. The summed E-state index contributed by atoms with van der Waals surface area (Å²) in [4.78, 5) is 25.0. The molecule has 1 saturated heterocycles. The summed E-state index contributed by atoms with van der Waals surface area (Å²) in [5.74, 6) is -1.20. The summed E-state index contributed by atoms with van der Waals surface area (Å²) in [5.41, 5.74) is 1.94. The van der Waals surface area contributed by atoms with Gasteiger partial charge in [0.1, 0.15) is 19.3 Å². The van der Waals surface area contributed by atoms with Crippen LogP contribution in [0.25, 0.3) is 0 Å². The number of likely N-dealkylation sites (tertiary alicyclic amines) is 1. The molecule has 0 radical (unpaired) electrons. The monoisotopic (exact) mass is 398 g/mol. The third-order valence-electron chi connectivity index (χ3n) is 5.49. The zero-order chi connectivity index (χ0) is 19.9. The number of nitrogens with zero attached hydrogens (tertiary/aromatic N) is 1. The molecule has 3 aliphatic rings. The van der Waals surface area contributed by atoms with Crippen LogP contribution in [0, 0.1) is 0 Å². The van der Waals surface area contributed by atoms with Crippen molar-refractivity contribution < 1.29 is 32.2 Å². The smallest absolute Gasteiger partial charge is 0.471 e. The van der Waals surface area contributed by atoms with Crippen LogP contribution in [0.15, 0.2) is 12.1 Å². The van der Waals surface area contributed by atoms with Crippen molar-refractivity contribution in [1.82, 2.24) is 10.2 Å². The molecule has 28 heavy (non-hydrogen) atoms. The van der Waals surface area contributed by atoms with Crippen molar-refractivity contribution in [3.05, 3.63) is 23.3 Å². The van der Waals surface area contributed by atoms with Gasteiger partial charge in [-0.1, -0.05) is 0 Å². The first kappa shape index (κ1) is 18.9. The second kappa shape index (κ2) is 7.18. The van der Waals surface area contributed by atoms with Gasteiger partial charge in [-0.2, -0.15) is 13.2 Å². The number of hydrogen-bond donors (Lipinski definition) is 1. The van der Waals surface area contributed by atoms with Crippen LogP contribution in [0.5, 0.6) is 11.5 Å². The normalized spacial score (nSPS) is 23.9. The zero-order valence-electron chi connectivity index (χ0n) is 15.2. The molecular formula is C19H21F3N2O4. The summed E-state index contributed by atoms with van der Waals surface area (Å²) in [6.07, 6.45) is -2.02. The predicted octanol–water partition coefficient (Wildman–Crippen LogP) is 2.50. The maximum atomic E-state index is 12.8. The highest BCUT2D eigenvalue weighted by molar-refractivity contribution is 5.90. The van der Waals surface area contributed by atoms with Crippen LogP contribution >= 0.6 is 0 Å². The van der Waals surface area contributed by atoms with Crippen molar-refractivity contribution in [2.45, 2.75) is 50.4 Å². The Hall–Kier alpha value is -2.45. The average Bonchev–Trinajstić information content (AvgIpc) is 3.15. The van der Waals surface area contributed by atoms with Gasteiger partial charge < -0.3 is 19.7 Å². The van der Waals surface area contributed by atoms with E-state index in [1.807, 2.05) is 12.1 Å². The molecule has 2 amide bonds. The predicted molar refractivity (Wildman–Crippen MR) is 92.0 cm³/mol. The summed E-state index contributed by atoms with van der Waals surface area (Å²) in [6.45, 7) is 0.868. The molecule has 9 heteroatoms. The maximum Gasteiger partial charge on any atom is 0.471 e. The van der Waals surface area contributed by atoms with Crippen molar-refractivity contribution in [3.63, 3.8) is 0 Å². The van der Waals surface area contributed by atoms with Crippen LogP contribution in [0.2, 0.25) is 0 Å². The van der Waals surface area contributed by atoms with Crippen molar-refractivity contribution in [2.24, 2.45) is 0 Å². The van der Waals surface area contributed by atoms with E-state index in [1.54, 1.807) is 0 Å². The highest BCUT2D eigenvalue weighted by Gasteiger charge is 2.48. The summed E-state index contributed by atoms with van der Waals surface area (Å²) < 4.78 is 49.6. The van der Waals surface area contributed by atoms with E-state index >= 15 is 0 Å². The second-order valence-corrected chi connectivity index (χ2v) is 7.30. The fourth-order valence-corrected chi connectivity index (χ4v) is 4.20. The number of fused-ring (bicyclic) bond motifs is 2. The standard InChI is InChI=1S/C19H21F3N2O4/c20-19(21,22)18(26)24-6-2-5-14(24)17(25)23-13-4-1-3-11-9-15-16(10-12(11)13)28-8-7-27-15/h9-10,13-14H,1-8H2,(H,23,25). The Kier molecular flexibility index (Phi) is 4.84. The number of amides is 2. The quantitative estimate of drug-likeness (QED) is 0.831. The van der Waals surface area contributed by atoms with E-state index in [4.69, 9.17) is 9.47 Å². The number of ether oxygens (including phenoxy) is 2. The fraction of sp³-hybridized carbons (Fsp3) is 0.579. The molecule has 152 valence electrons. The van der Waals surface area contributed by atoms with Crippen LogP contribution in [-0.4, -0.2) is 48.7 Å². The molecule has 2 aliphatic heterocycles. The average molecular weight is 398 g/mol. The third-order valence-corrected chi connectivity index (χ3v) is 5.49. The van der Waals surface area contributed by atoms with Gasteiger partial charge in [0.05, 0.1) is 6.04 Å². The van der Waals surface area contributed by atoms with E-state index < -0.39 is 24.0 Å². The van der Waals surface area contributed by atoms with Crippen LogP contribution in [-0.2, 0) is 16.0 Å². The largest absolute Gasteiger partial charge is 0.486 e. The van der Waals surface area contributed by atoms with Crippen LogP contribution in [0.3, 0.4) is 0 Å². The number of carbonyl (C=O) groups is 2. The fourth-order valence-electron chi connectivity index (χ4n) is 4.20. The lowest BCUT2D eigenvalue weighted by Crippen LogP contribution is -2.50. The van der Waals surface area contributed by atoms with Gasteiger partial charge in [0.25, 0.3) is 0 Å². The van der Waals surface area contributed by atoms with E-state index in [-0.39, 0.29) is 19.0 Å². The molecule has 2 unspecified atom stereocenters. The summed E-state index contributed by atoms with van der Waals surface area (Å²) in [5, 5.41) is 2.86. The van der Waals surface area contributed by atoms with Crippen LogP contribution in [0.4, 0.5) is 13.2 Å². The van der Waals surface area contributed by atoms with E-state index in [0.29, 0.717) is 42.5 Å². The first-order valence-corrected chi connectivity index (χ1v) is 9.45. The highest BCUT2D eigenvalue weighted by atomic mass is 19.4. The molecular weight excluding hydrogens is 377 g/mol. The number of alkyl halides is 3. The van der Waals surface area contributed by atoms with Crippen molar-refractivity contribution in [1.29, 1.82) is 0 Å². The second-order valence-electron chi connectivity index (χ2n) is 7.30. The number of benzene rings is 1. The van der Waals surface area contributed by atoms with Gasteiger partial charge >= 0.3 is 12.1 Å². The Morgan fingerprint density at radius 1 is 1.07 bits per heavy atom. The summed E-state index contributed by atoms with van der Waals surface area (Å²) >= 11 is 0. The van der Waals surface area contributed by atoms with Gasteiger partial charge in [-0.3, -0.25) is 9.59 Å². The highest BCUT2D eigenvalue weighted by Crippen LogP contribution is 2.39. The molecule has 1 aliphatic carbocycles. The molecule has 0 aromatic heterocycles. The van der Waals surface area contributed by atoms with Crippen LogP contribution < -0.4 is 14.8 Å². The minimum absolute atomic E-state index is 0.0592. The SMILES string of the molecule is O=C(NC1CCCc2cc3c(cc21)OCCO3)C1CCCN1C(=O)C(F)(F)F. The molecule has 6 nitrogen and oxygen atoms in total. The number of halogens is 3. The summed E-state index contributed by atoms with van der Waals surface area (Å²) in [6, 6.07) is 2.35. The number of hydrogen-bond acceptors (Lipinski definition) is 4. The molecule has 2 atom stereocenters. The van der Waals surface area contributed by atoms with E-state index in [0.717, 1.165) is 24.0 Å². The number of nitrogens with one attached hydrogen (secondary N) is 1. The Bertz CT molecular complexity index is 796. The van der Waals surface area contributed by atoms with Crippen molar-refractivity contribution >= 4 is 11.8 Å². The molecule has 0 spiro atoms. The van der Waals surface area contributed by atoms with Gasteiger partial charge in [-0.15, -0.1) is 0 Å². The van der Waals surface area contributed by atoms with Gasteiger partial charge in [0.2, 0.25) is 5.91 Å². The third kappa shape index (κ3) is 3.49. The van der Waals surface area contributed by atoms with E-state index in [2.05, 4.69) is 5.32 Å². The van der Waals surface area contributed by atoms with Crippen LogP contribution in [0.1, 0.15) is 42.9 Å². The van der Waals surface area contributed by atoms with Crippen molar-refractivity contribution in [3.8, 4) is 11.5 Å². The molecule has 0 bridgehead atoms. The Balaban J connectivity index is 1.52. The molecule has 2 heterocycles. The minimum atomic E-state index is -4.98. The molecule has 1 aromatic rings. The van der Waals surface area contributed by atoms with Gasteiger partial charge in [0, 0.05) is 6.54 Å². The minimum Gasteiger partial charge on any atom is -0.486 e. The lowest BCUT2D eigenvalue weighted by molar-refractivity contribution is -0.186. The molecule has 0 saturated carbocycles. The zero-order valence-corrected chi connectivity index (χ0v) is 15.2. The molecule has 4 rings (SSSR count). The molecule has 1 N–H and O–H groups in total. The molecule has 1 fully saturated rings. The number of rotatable bonds is 2. The lowest BCUT2D eigenvalue weighted by atomic mass is 9.87. The Morgan fingerprint density at radius 3 is 2.50 bits per heavy atom. The Labute approximate surface area is 160 Å². The number of carbonyl (C=O) groups excluding carboxylic acids is 2. The van der Waals surface area contributed by atoms with Gasteiger partial charge in [0.15, 0.2) is 11.5 Å². The van der Waals surface area contributed by atoms with Crippen molar-refractivity contribution in [2.75, 3.05) is 19.8 Å². The van der Waals surface area contributed by atoms with Gasteiger partial charge in [-0.25, -0.2) is 0 Å². The first-order chi connectivity index (χ1) is 13.3. The molecule has 1 aromatic carbocycles. The lowest BCUT2D eigenvalue weighted by Gasteiger charge is -2.31. The van der Waals surface area contributed by atoms with E-state index in [9.17, 15) is 22.8 Å². The Morgan fingerprint density at radius 2 is 1.79 bits per heavy atom. The topological polar surface area (TPSA) is 67.9 Å². The first-order valence-electron chi connectivity index (χ1n) is 9.45. The summed E-state index contributed by atoms with van der Waals surface area (Å²) in [7, 11) is 0. The maximum absolute atomic E-state index is 12.8. The van der Waals surface area contributed by atoms with E-state index in [1.165, 1.54) is 0 Å². The van der Waals surface area contributed by atoms with Gasteiger partial charge in [-0.05, 0) is 55.4 Å².